The van der Waals surface area contributed by atoms with E-state index in [0.717, 1.165) is 12.3 Å². The van der Waals surface area contributed by atoms with E-state index in [4.69, 9.17) is 16.7 Å². The Balaban J connectivity index is 2.68. The topological polar surface area (TPSA) is 99.3 Å². The molecule has 0 aliphatic rings. The molecule has 0 aromatic carbocycles. The number of H-pyrrole nitrogens is 1. The second kappa shape index (κ2) is 6.33. The maximum absolute atomic E-state index is 11.8. The van der Waals surface area contributed by atoms with Gasteiger partial charge in [0.25, 0.3) is 5.56 Å². The van der Waals surface area contributed by atoms with E-state index in [1.165, 1.54) is 0 Å². The minimum Gasteiger partial charge on any atom is -0.393 e. The number of hydrogen-bond acceptors (Lipinski definition) is 4. The summed E-state index contributed by atoms with van der Waals surface area (Å²) in [6.07, 6.45) is 1.66. The van der Waals surface area contributed by atoms with Crippen molar-refractivity contribution in [2.75, 3.05) is 6.54 Å². The summed E-state index contributed by atoms with van der Waals surface area (Å²) in [5.74, 6) is 0. The van der Waals surface area contributed by atoms with Crippen LogP contribution in [-0.4, -0.2) is 31.2 Å². The van der Waals surface area contributed by atoms with E-state index in [0.29, 0.717) is 12.8 Å². The Morgan fingerprint density at radius 2 is 2.22 bits per heavy atom. The summed E-state index contributed by atoms with van der Waals surface area (Å²) in [6.45, 7) is 1.85. The summed E-state index contributed by atoms with van der Waals surface area (Å²) < 4.78 is 25.9. The van der Waals surface area contributed by atoms with Crippen LogP contribution in [0.25, 0.3) is 0 Å². The highest BCUT2D eigenvalue weighted by molar-refractivity contribution is 7.89. The lowest BCUT2D eigenvalue weighted by Crippen LogP contribution is -2.26. The highest BCUT2D eigenvalue weighted by Gasteiger charge is 2.14. The number of nitrogens with one attached hydrogen (secondary N) is 2. The zero-order valence-corrected chi connectivity index (χ0v) is 11.4. The Kier molecular flexibility index (Phi) is 5.33. The van der Waals surface area contributed by atoms with Crippen molar-refractivity contribution < 1.29 is 13.5 Å². The Hall–Kier alpha value is -0.890. The van der Waals surface area contributed by atoms with Crippen molar-refractivity contribution in [1.29, 1.82) is 0 Å². The van der Waals surface area contributed by atoms with Crippen molar-refractivity contribution in [3.63, 3.8) is 0 Å². The predicted octanol–water partition coefficient (Wildman–Crippen LogP) is 0.468. The van der Waals surface area contributed by atoms with Gasteiger partial charge in [-0.15, -0.1) is 0 Å². The highest BCUT2D eigenvalue weighted by atomic mass is 35.5. The molecule has 1 heterocycles. The van der Waals surface area contributed by atoms with Crippen LogP contribution >= 0.6 is 11.6 Å². The second-order valence-electron chi connectivity index (χ2n) is 3.90. The lowest BCUT2D eigenvalue weighted by Gasteiger charge is -2.07. The molecular weight excluding hydrogens is 280 g/mol. The molecule has 8 heteroatoms. The van der Waals surface area contributed by atoms with Gasteiger partial charge in [0.2, 0.25) is 10.0 Å². The van der Waals surface area contributed by atoms with Crippen LogP contribution in [0.2, 0.25) is 5.02 Å². The zero-order valence-electron chi connectivity index (χ0n) is 9.81. The molecule has 3 N–H and O–H groups in total. The summed E-state index contributed by atoms with van der Waals surface area (Å²) >= 11 is 5.55. The van der Waals surface area contributed by atoms with Gasteiger partial charge in [-0.1, -0.05) is 11.6 Å². The summed E-state index contributed by atoms with van der Waals surface area (Å²) in [5, 5.41) is 8.85. The first-order valence-corrected chi connectivity index (χ1v) is 7.25. The van der Waals surface area contributed by atoms with Crippen molar-refractivity contribution in [1.82, 2.24) is 9.71 Å². The minimum absolute atomic E-state index is 0.0934. The lowest BCUT2D eigenvalue weighted by molar-refractivity contribution is 0.182. The first-order chi connectivity index (χ1) is 8.33. The van der Waals surface area contributed by atoms with Crippen LogP contribution in [0.3, 0.4) is 0 Å². The third kappa shape index (κ3) is 4.41. The van der Waals surface area contributed by atoms with Crippen LogP contribution in [-0.2, 0) is 10.0 Å². The SMILES string of the molecule is CC(O)CCCNS(=O)(=O)c1c[nH]c(=O)c(Cl)c1. The molecular formula is C10H15ClN2O4S. The minimum atomic E-state index is -3.68. The molecule has 0 spiro atoms. The Morgan fingerprint density at radius 3 is 2.78 bits per heavy atom. The molecule has 18 heavy (non-hydrogen) atoms. The molecule has 0 aliphatic heterocycles. The highest BCUT2D eigenvalue weighted by Crippen LogP contribution is 2.10. The van der Waals surface area contributed by atoms with Crippen molar-refractivity contribution in [2.24, 2.45) is 0 Å². The molecule has 6 nitrogen and oxygen atoms in total. The number of hydrogen-bond donors (Lipinski definition) is 3. The average Bonchev–Trinajstić information content (AvgIpc) is 2.28. The van der Waals surface area contributed by atoms with Gasteiger partial charge >= 0.3 is 0 Å². The number of aliphatic hydroxyl groups excluding tert-OH is 1. The van der Waals surface area contributed by atoms with Gasteiger partial charge < -0.3 is 10.1 Å². The molecule has 0 saturated heterocycles. The standard InChI is InChI=1S/C10H15ClN2O4S/c1-7(14)3-2-4-13-18(16,17)8-5-9(11)10(15)12-6-8/h5-7,13-14H,2-4H2,1H3,(H,12,15). The van der Waals surface area contributed by atoms with Gasteiger partial charge in [0.1, 0.15) is 5.02 Å². The number of aliphatic hydroxyl groups is 1. The van der Waals surface area contributed by atoms with Gasteiger partial charge in [0.05, 0.1) is 11.0 Å². The second-order valence-corrected chi connectivity index (χ2v) is 6.08. The van der Waals surface area contributed by atoms with E-state index in [2.05, 4.69) is 9.71 Å². The quantitative estimate of drug-likeness (QED) is 0.664. The molecule has 1 aromatic heterocycles. The molecule has 1 atom stereocenters. The molecule has 102 valence electrons. The van der Waals surface area contributed by atoms with Crippen molar-refractivity contribution in [3.8, 4) is 0 Å². The molecule has 0 radical (unpaired) electrons. The number of pyridine rings is 1. The summed E-state index contributed by atoms with van der Waals surface area (Å²) in [4.78, 5) is 13.1. The van der Waals surface area contributed by atoms with Gasteiger partial charge in [0.15, 0.2) is 0 Å². The first kappa shape index (κ1) is 15.2. The van der Waals surface area contributed by atoms with E-state index in [1.54, 1.807) is 6.92 Å². The van der Waals surface area contributed by atoms with Crippen LogP contribution < -0.4 is 10.3 Å². The van der Waals surface area contributed by atoms with Crippen LogP contribution in [0.15, 0.2) is 22.0 Å². The van der Waals surface area contributed by atoms with E-state index in [1.807, 2.05) is 0 Å². The smallest absolute Gasteiger partial charge is 0.266 e. The van der Waals surface area contributed by atoms with Gasteiger partial charge in [-0.2, -0.15) is 0 Å². The maximum Gasteiger partial charge on any atom is 0.266 e. The van der Waals surface area contributed by atoms with E-state index in [-0.39, 0.29) is 16.5 Å². The molecule has 1 aromatic rings. The van der Waals surface area contributed by atoms with Gasteiger partial charge in [-0.05, 0) is 25.8 Å². The third-order valence-corrected chi connectivity index (χ3v) is 3.95. The number of aromatic nitrogens is 1. The normalized spacial score (nSPS) is 13.5. The first-order valence-electron chi connectivity index (χ1n) is 5.39. The Labute approximate surface area is 110 Å². The number of aromatic amines is 1. The summed E-state index contributed by atoms with van der Waals surface area (Å²) in [5.41, 5.74) is -0.537. The lowest BCUT2D eigenvalue weighted by atomic mass is 10.2. The molecule has 0 aliphatic carbocycles. The van der Waals surface area contributed by atoms with E-state index >= 15 is 0 Å². The largest absolute Gasteiger partial charge is 0.393 e. The van der Waals surface area contributed by atoms with Crippen LogP contribution in [0.5, 0.6) is 0 Å². The molecule has 0 amide bonds. The molecule has 0 fully saturated rings. The van der Waals surface area contributed by atoms with Crippen molar-refractivity contribution in [3.05, 3.63) is 27.6 Å². The van der Waals surface area contributed by atoms with E-state index < -0.39 is 21.7 Å². The number of rotatable bonds is 6. The molecule has 1 unspecified atom stereocenters. The van der Waals surface area contributed by atoms with Crippen LogP contribution in [0.4, 0.5) is 0 Å². The fraction of sp³-hybridized carbons (Fsp3) is 0.500. The maximum atomic E-state index is 11.8. The molecule has 1 rings (SSSR count). The van der Waals surface area contributed by atoms with Crippen molar-refractivity contribution >= 4 is 21.6 Å². The fourth-order valence-electron chi connectivity index (χ4n) is 1.28. The Morgan fingerprint density at radius 1 is 1.56 bits per heavy atom. The van der Waals surface area contributed by atoms with Gasteiger partial charge in [-0.25, -0.2) is 13.1 Å². The van der Waals surface area contributed by atoms with Crippen LogP contribution in [0, 0.1) is 0 Å². The summed E-state index contributed by atoms with van der Waals surface area (Å²) in [7, 11) is -3.68. The van der Waals surface area contributed by atoms with Gasteiger partial charge in [0, 0.05) is 12.7 Å². The predicted molar refractivity (Wildman–Crippen MR) is 68.2 cm³/mol. The zero-order chi connectivity index (χ0) is 13.8. The fourth-order valence-corrected chi connectivity index (χ4v) is 2.58. The van der Waals surface area contributed by atoms with E-state index in [9.17, 15) is 13.2 Å². The Bertz CT molecular complexity index is 553. The monoisotopic (exact) mass is 294 g/mol. The van der Waals surface area contributed by atoms with Crippen LogP contribution in [0.1, 0.15) is 19.8 Å². The summed E-state index contributed by atoms with van der Waals surface area (Å²) in [6, 6.07) is 1.09. The molecule has 0 bridgehead atoms. The van der Waals surface area contributed by atoms with Gasteiger partial charge in [-0.3, -0.25) is 4.79 Å². The third-order valence-electron chi connectivity index (χ3n) is 2.23. The average molecular weight is 295 g/mol. The van der Waals surface area contributed by atoms with Crippen molar-refractivity contribution in [2.45, 2.75) is 30.8 Å². The number of sulfonamides is 1. The number of halogens is 1. The molecule has 0 saturated carbocycles.